The van der Waals surface area contributed by atoms with Crippen LogP contribution in [-0.2, 0) is 0 Å². The van der Waals surface area contributed by atoms with E-state index in [0.29, 0.717) is 5.56 Å². The predicted octanol–water partition coefficient (Wildman–Crippen LogP) is 3.11. The number of carboxylic acid groups (broad SMARTS) is 1. The van der Waals surface area contributed by atoms with Crippen LogP contribution in [0.1, 0.15) is 21.6 Å². The number of aryl methyl sites for hydroxylation is 1. The number of carbonyl (C=O) groups is 1. The Kier molecular flexibility index (Phi) is 3.83. The van der Waals surface area contributed by atoms with Gasteiger partial charge < -0.3 is 5.11 Å². The molecule has 0 aliphatic heterocycles. The summed E-state index contributed by atoms with van der Waals surface area (Å²) in [4.78, 5) is 16.2. The first kappa shape index (κ1) is 13.1. The quantitative estimate of drug-likeness (QED) is 0.927. The van der Waals surface area contributed by atoms with Gasteiger partial charge in [-0.05, 0) is 36.8 Å². The van der Waals surface area contributed by atoms with E-state index in [1.54, 1.807) is 6.07 Å². The number of rotatable bonds is 3. The second-order valence-corrected chi connectivity index (χ2v) is 5.01. The van der Waals surface area contributed by atoms with Gasteiger partial charge in [0.05, 0.1) is 5.56 Å². The van der Waals surface area contributed by atoms with Crippen LogP contribution in [0.5, 0.6) is 0 Å². The fraction of sp³-hybridized carbons (Fsp3) is 0.0714. The first-order chi connectivity index (χ1) is 9.10. The highest BCUT2D eigenvalue weighted by atomic mass is 32.2. The Morgan fingerprint density at radius 3 is 2.84 bits per heavy atom. The molecule has 4 nitrogen and oxygen atoms in total. The van der Waals surface area contributed by atoms with Crippen molar-refractivity contribution in [1.82, 2.24) is 4.98 Å². The predicted molar refractivity (Wildman–Crippen MR) is 71.2 cm³/mol. The molecule has 0 fully saturated rings. The Morgan fingerprint density at radius 1 is 1.37 bits per heavy atom. The zero-order valence-electron chi connectivity index (χ0n) is 10.1. The monoisotopic (exact) mass is 270 g/mol. The van der Waals surface area contributed by atoms with E-state index >= 15 is 0 Å². The minimum atomic E-state index is -1.06. The highest BCUT2D eigenvalue weighted by Gasteiger charge is 2.08. The Morgan fingerprint density at radius 2 is 2.16 bits per heavy atom. The highest BCUT2D eigenvalue weighted by Crippen LogP contribution is 2.30. The number of benzene rings is 1. The van der Waals surface area contributed by atoms with E-state index in [1.165, 1.54) is 24.0 Å². The van der Waals surface area contributed by atoms with E-state index < -0.39 is 5.97 Å². The summed E-state index contributed by atoms with van der Waals surface area (Å²) in [6.45, 7) is 1.92. The van der Waals surface area contributed by atoms with Crippen molar-refractivity contribution >= 4 is 17.7 Å². The van der Waals surface area contributed by atoms with Crippen LogP contribution in [0, 0.1) is 18.3 Å². The van der Waals surface area contributed by atoms with E-state index in [4.69, 9.17) is 10.4 Å². The smallest absolute Gasteiger partial charge is 0.354 e. The fourth-order valence-electron chi connectivity index (χ4n) is 1.54. The van der Waals surface area contributed by atoms with E-state index in [0.717, 1.165) is 15.4 Å². The SMILES string of the molecule is Cc1ccc(Sc2ccnc(C(=O)O)c2)c(C#N)c1. The van der Waals surface area contributed by atoms with Gasteiger partial charge in [0, 0.05) is 16.0 Å². The second-order valence-electron chi connectivity index (χ2n) is 3.90. The molecule has 1 aromatic heterocycles. The molecule has 2 aromatic rings. The highest BCUT2D eigenvalue weighted by molar-refractivity contribution is 7.99. The van der Waals surface area contributed by atoms with E-state index in [2.05, 4.69) is 11.1 Å². The molecule has 5 heteroatoms. The summed E-state index contributed by atoms with van der Waals surface area (Å²) >= 11 is 1.35. The number of hydrogen-bond acceptors (Lipinski definition) is 4. The molecule has 0 saturated carbocycles. The van der Waals surface area contributed by atoms with Crippen LogP contribution in [0.15, 0.2) is 46.3 Å². The maximum absolute atomic E-state index is 10.8. The Hall–Kier alpha value is -2.32. The Bertz CT molecular complexity index is 677. The van der Waals surface area contributed by atoms with Gasteiger partial charge in [0.25, 0.3) is 0 Å². The zero-order valence-corrected chi connectivity index (χ0v) is 10.9. The number of hydrogen-bond donors (Lipinski definition) is 1. The summed E-state index contributed by atoms with van der Waals surface area (Å²) in [5, 5.41) is 18.0. The number of aromatic carboxylic acids is 1. The number of nitrogens with zero attached hydrogens (tertiary/aromatic N) is 2. The maximum Gasteiger partial charge on any atom is 0.354 e. The summed E-state index contributed by atoms with van der Waals surface area (Å²) in [5.74, 6) is -1.06. The van der Waals surface area contributed by atoms with Gasteiger partial charge >= 0.3 is 5.97 Å². The lowest BCUT2D eigenvalue weighted by Crippen LogP contribution is -1.99. The van der Waals surface area contributed by atoms with E-state index in [-0.39, 0.29) is 5.69 Å². The third kappa shape index (κ3) is 3.12. The van der Waals surface area contributed by atoms with Crippen LogP contribution < -0.4 is 0 Å². The van der Waals surface area contributed by atoms with Gasteiger partial charge in [-0.15, -0.1) is 0 Å². The van der Waals surface area contributed by atoms with Crippen molar-refractivity contribution in [3.05, 3.63) is 53.3 Å². The molecule has 0 aliphatic rings. The largest absolute Gasteiger partial charge is 0.477 e. The van der Waals surface area contributed by atoms with E-state index in [9.17, 15) is 4.79 Å². The minimum Gasteiger partial charge on any atom is -0.477 e. The summed E-state index contributed by atoms with van der Waals surface area (Å²) in [6, 6.07) is 10.9. The molecular formula is C14H10N2O2S. The van der Waals surface area contributed by atoms with Gasteiger partial charge in [0.2, 0.25) is 0 Å². The summed E-state index contributed by atoms with van der Waals surface area (Å²) < 4.78 is 0. The van der Waals surface area contributed by atoms with Gasteiger partial charge in [-0.25, -0.2) is 9.78 Å². The Labute approximate surface area is 114 Å². The van der Waals surface area contributed by atoms with Crippen LogP contribution in [0.3, 0.4) is 0 Å². The molecular weight excluding hydrogens is 260 g/mol. The molecule has 1 aromatic carbocycles. The first-order valence-corrected chi connectivity index (χ1v) is 6.30. The maximum atomic E-state index is 10.8. The van der Waals surface area contributed by atoms with Gasteiger partial charge in [0.1, 0.15) is 11.8 Å². The molecule has 0 saturated heterocycles. The van der Waals surface area contributed by atoms with Crippen molar-refractivity contribution in [2.45, 2.75) is 16.7 Å². The van der Waals surface area contributed by atoms with Crippen LogP contribution in [-0.4, -0.2) is 16.1 Å². The summed E-state index contributed by atoms with van der Waals surface area (Å²) in [6.07, 6.45) is 1.45. The van der Waals surface area contributed by atoms with Crippen LogP contribution >= 0.6 is 11.8 Å². The molecule has 0 spiro atoms. The lowest BCUT2D eigenvalue weighted by molar-refractivity contribution is 0.0690. The molecule has 0 unspecified atom stereocenters. The summed E-state index contributed by atoms with van der Waals surface area (Å²) in [5.41, 5.74) is 1.59. The molecule has 0 amide bonds. The molecule has 0 aliphatic carbocycles. The average molecular weight is 270 g/mol. The zero-order chi connectivity index (χ0) is 13.8. The van der Waals surface area contributed by atoms with Crippen molar-refractivity contribution in [2.75, 3.05) is 0 Å². The lowest BCUT2D eigenvalue weighted by Gasteiger charge is -2.05. The second kappa shape index (κ2) is 5.55. The van der Waals surface area contributed by atoms with Crippen molar-refractivity contribution in [1.29, 1.82) is 5.26 Å². The fourth-order valence-corrected chi connectivity index (χ4v) is 2.44. The standard InChI is InChI=1S/C14H10N2O2S/c1-9-2-3-13(10(6-9)8-15)19-11-4-5-16-12(7-11)14(17)18/h2-7H,1H3,(H,17,18). The Balaban J connectivity index is 2.34. The van der Waals surface area contributed by atoms with Crippen molar-refractivity contribution in [3.63, 3.8) is 0 Å². The van der Waals surface area contributed by atoms with Crippen LogP contribution in [0.2, 0.25) is 0 Å². The topological polar surface area (TPSA) is 74.0 Å². The summed E-state index contributed by atoms with van der Waals surface area (Å²) in [7, 11) is 0. The molecule has 0 bridgehead atoms. The number of carboxylic acids is 1. The normalized spacial score (nSPS) is 9.89. The molecule has 0 atom stereocenters. The first-order valence-electron chi connectivity index (χ1n) is 5.48. The number of pyridine rings is 1. The third-order valence-electron chi connectivity index (χ3n) is 2.43. The van der Waals surface area contributed by atoms with Crippen molar-refractivity contribution in [3.8, 4) is 6.07 Å². The molecule has 1 heterocycles. The van der Waals surface area contributed by atoms with Crippen LogP contribution in [0.4, 0.5) is 0 Å². The molecule has 94 valence electrons. The number of aromatic nitrogens is 1. The van der Waals surface area contributed by atoms with Crippen molar-refractivity contribution in [2.24, 2.45) is 0 Å². The minimum absolute atomic E-state index is 0.00406. The lowest BCUT2D eigenvalue weighted by atomic mass is 10.2. The third-order valence-corrected chi connectivity index (χ3v) is 3.50. The van der Waals surface area contributed by atoms with Gasteiger partial charge in [-0.1, -0.05) is 17.8 Å². The van der Waals surface area contributed by atoms with Gasteiger partial charge in [0.15, 0.2) is 0 Å². The van der Waals surface area contributed by atoms with Crippen LogP contribution in [0.25, 0.3) is 0 Å². The van der Waals surface area contributed by atoms with Crippen molar-refractivity contribution < 1.29 is 9.90 Å². The molecule has 2 rings (SSSR count). The van der Waals surface area contributed by atoms with E-state index in [1.807, 2.05) is 25.1 Å². The molecule has 0 radical (unpaired) electrons. The molecule has 1 N–H and O–H groups in total. The molecule has 19 heavy (non-hydrogen) atoms. The number of nitriles is 1. The van der Waals surface area contributed by atoms with Gasteiger partial charge in [-0.3, -0.25) is 0 Å². The van der Waals surface area contributed by atoms with Gasteiger partial charge in [-0.2, -0.15) is 5.26 Å². The average Bonchev–Trinajstić information content (AvgIpc) is 2.41.